The van der Waals surface area contributed by atoms with E-state index in [4.69, 9.17) is 17.3 Å². The summed E-state index contributed by atoms with van der Waals surface area (Å²) in [7, 11) is 0. The first-order valence-electron chi connectivity index (χ1n) is 2.54. The largest absolute Gasteiger partial charge is 0.364 e. The minimum atomic E-state index is -0.623. The number of hydrogen-bond acceptors (Lipinski definition) is 2. The molecule has 3 nitrogen and oxygen atoms in total. The molecular formula is C6H4ClN2O. The Morgan fingerprint density at radius 3 is 2.90 bits per heavy atom. The highest BCUT2D eigenvalue weighted by Gasteiger charge is 2.00. The van der Waals surface area contributed by atoms with Gasteiger partial charge in [-0.1, -0.05) is 11.6 Å². The second-order valence-corrected chi connectivity index (χ2v) is 2.04. The van der Waals surface area contributed by atoms with Crippen LogP contribution >= 0.6 is 11.6 Å². The molecule has 0 aliphatic rings. The first-order chi connectivity index (χ1) is 4.70. The highest BCUT2D eigenvalue weighted by Crippen LogP contribution is 2.05. The van der Waals surface area contributed by atoms with Crippen molar-refractivity contribution < 1.29 is 4.79 Å². The van der Waals surface area contributed by atoms with Crippen molar-refractivity contribution in [1.82, 2.24) is 4.98 Å². The molecule has 1 heterocycles. The fourth-order valence-electron chi connectivity index (χ4n) is 0.490. The van der Waals surface area contributed by atoms with Gasteiger partial charge in [0.25, 0.3) is 5.91 Å². The molecule has 0 saturated heterocycles. The SMILES string of the molecule is NC(=O)c1[c]c(Cl)ccn1. The van der Waals surface area contributed by atoms with E-state index in [1.54, 1.807) is 0 Å². The van der Waals surface area contributed by atoms with Gasteiger partial charge in [0.15, 0.2) is 0 Å². The minimum Gasteiger partial charge on any atom is -0.364 e. The second-order valence-electron chi connectivity index (χ2n) is 1.63. The predicted octanol–water partition coefficient (Wildman–Crippen LogP) is 0.634. The summed E-state index contributed by atoms with van der Waals surface area (Å²) in [6.45, 7) is 0. The number of aromatic nitrogens is 1. The number of amides is 1. The van der Waals surface area contributed by atoms with Crippen molar-refractivity contribution in [2.75, 3.05) is 0 Å². The van der Waals surface area contributed by atoms with Gasteiger partial charge in [-0.2, -0.15) is 0 Å². The van der Waals surface area contributed by atoms with Gasteiger partial charge in [0.05, 0.1) is 5.02 Å². The van der Waals surface area contributed by atoms with Crippen LogP contribution in [0.1, 0.15) is 10.5 Å². The minimum absolute atomic E-state index is 0.0625. The second kappa shape index (κ2) is 2.66. The highest BCUT2D eigenvalue weighted by molar-refractivity contribution is 6.30. The molecule has 0 unspecified atom stereocenters. The number of hydrogen-bond donors (Lipinski definition) is 1. The maximum absolute atomic E-state index is 10.4. The first-order valence-corrected chi connectivity index (χ1v) is 2.91. The molecule has 4 heteroatoms. The summed E-state index contributed by atoms with van der Waals surface area (Å²) in [4.78, 5) is 14.0. The van der Waals surface area contributed by atoms with Crippen molar-refractivity contribution in [2.24, 2.45) is 5.73 Å². The van der Waals surface area contributed by atoms with E-state index < -0.39 is 5.91 Å². The third-order valence-corrected chi connectivity index (χ3v) is 1.12. The first kappa shape index (κ1) is 7.02. The van der Waals surface area contributed by atoms with Gasteiger partial charge in [0.1, 0.15) is 5.69 Å². The maximum Gasteiger partial charge on any atom is 0.267 e. The average Bonchev–Trinajstić information content (AvgIpc) is 1.88. The molecule has 0 saturated carbocycles. The molecule has 0 fully saturated rings. The number of halogens is 1. The Bertz CT molecular complexity index is 262. The van der Waals surface area contributed by atoms with Crippen LogP contribution in [0, 0.1) is 6.07 Å². The summed E-state index contributed by atoms with van der Waals surface area (Å²) in [5.41, 5.74) is 4.95. The smallest absolute Gasteiger partial charge is 0.267 e. The fraction of sp³-hybridized carbons (Fsp3) is 0. The van der Waals surface area contributed by atoms with Crippen LogP contribution in [-0.2, 0) is 0 Å². The Labute approximate surface area is 62.8 Å². The maximum atomic E-state index is 10.4. The Kier molecular flexibility index (Phi) is 1.87. The van der Waals surface area contributed by atoms with Gasteiger partial charge in [-0.05, 0) is 6.07 Å². The van der Waals surface area contributed by atoms with E-state index in [9.17, 15) is 4.79 Å². The van der Waals surface area contributed by atoms with E-state index in [1.807, 2.05) is 0 Å². The predicted molar refractivity (Wildman–Crippen MR) is 36.6 cm³/mol. The van der Waals surface area contributed by atoms with Crippen LogP contribution in [0.4, 0.5) is 0 Å². The van der Waals surface area contributed by atoms with Crippen molar-refractivity contribution >= 4 is 17.5 Å². The van der Waals surface area contributed by atoms with Crippen LogP contribution in [0.15, 0.2) is 12.3 Å². The van der Waals surface area contributed by atoms with Crippen molar-refractivity contribution in [3.63, 3.8) is 0 Å². The van der Waals surface area contributed by atoms with Gasteiger partial charge in [0, 0.05) is 12.3 Å². The summed E-state index contributed by atoms with van der Waals surface area (Å²) in [5, 5.41) is 0.337. The number of nitrogens with zero attached hydrogens (tertiary/aromatic N) is 1. The van der Waals surface area contributed by atoms with Gasteiger partial charge in [-0.25, -0.2) is 0 Å². The number of rotatable bonds is 1. The number of primary amides is 1. The zero-order valence-corrected chi connectivity index (χ0v) is 5.72. The van der Waals surface area contributed by atoms with Crippen molar-refractivity contribution in [3.05, 3.63) is 29.0 Å². The Balaban J connectivity index is 3.07. The molecule has 51 valence electrons. The number of carbonyl (C=O) groups excluding carboxylic acids is 1. The van der Waals surface area contributed by atoms with Crippen LogP contribution in [0.2, 0.25) is 5.02 Å². The molecule has 2 N–H and O–H groups in total. The molecule has 1 radical (unpaired) electrons. The summed E-state index contributed by atoms with van der Waals surface area (Å²) in [5.74, 6) is -0.623. The lowest BCUT2D eigenvalue weighted by molar-refractivity contribution is 0.0995. The zero-order chi connectivity index (χ0) is 7.56. The molecule has 0 spiro atoms. The van der Waals surface area contributed by atoms with E-state index in [-0.39, 0.29) is 5.69 Å². The molecule has 1 aromatic heterocycles. The van der Waals surface area contributed by atoms with Gasteiger partial charge >= 0.3 is 0 Å². The monoisotopic (exact) mass is 155 g/mol. The third kappa shape index (κ3) is 1.45. The zero-order valence-electron chi connectivity index (χ0n) is 4.97. The Hall–Kier alpha value is -1.09. The normalized spacial score (nSPS) is 9.30. The standard InChI is InChI=1S/C6H4ClN2O/c7-4-1-2-9-5(3-4)6(8)10/h1-2H,(H2,8,10). The Morgan fingerprint density at radius 2 is 2.50 bits per heavy atom. The van der Waals surface area contributed by atoms with Gasteiger partial charge < -0.3 is 5.73 Å². The van der Waals surface area contributed by atoms with Gasteiger partial charge in [-0.3, -0.25) is 9.78 Å². The van der Waals surface area contributed by atoms with E-state index in [0.717, 1.165) is 0 Å². The van der Waals surface area contributed by atoms with Gasteiger partial charge in [-0.15, -0.1) is 0 Å². The lowest BCUT2D eigenvalue weighted by Gasteiger charge is -1.91. The van der Waals surface area contributed by atoms with Crippen LogP contribution in [0.25, 0.3) is 0 Å². The molecule has 0 atom stereocenters. The van der Waals surface area contributed by atoms with Crippen LogP contribution < -0.4 is 5.73 Å². The molecule has 10 heavy (non-hydrogen) atoms. The third-order valence-electron chi connectivity index (χ3n) is 0.896. The molecule has 1 rings (SSSR count). The molecule has 1 aromatic rings. The summed E-state index contributed by atoms with van der Waals surface area (Å²) in [6, 6.07) is 4.01. The summed E-state index contributed by atoms with van der Waals surface area (Å²) >= 11 is 5.49. The molecule has 0 aliphatic heterocycles. The van der Waals surface area contributed by atoms with E-state index in [1.165, 1.54) is 12.3 Å². The van der Waals surface area contributed by atoms with Gasteiger partial charge in [0.2, 0.25) is 0 Å². The molecule has 0 aliphatic carbocycles. The topological polar surface area (TPSA) is 56.0 Å². The molecule has 0 bridgehead atoms. The quantitative estimate of drug-likeness (QED) is 0.647. The van der Waals surface area contributed by atoms with Crippen LogP contribution in [0.5, 0.6) is 0 Å². The van der Waals surface area contributed by atoms with E-state index in [2.05, 4.69) is 11.1 Å². The average molecular weight is 156 g/mol. The number of nitrogens with two attached hydrogens (primary N) is 1. The molecule has 1 amide bonds. The Morgan fingerprint density at radius 1 is 1.80 bits per heavy atom. The lowest BCUT2D eigenvalue weighted by atomic mass is 10.3. The van der Waals surface area contributed by atoms with Crippen LogP contribution in [-0.4, -0.2) is 10.9 Å². The summed E-state index contributed by atoms with van der Waals surface area (Å²) < 4.78 is 0. The van der Waals surface area contributed by atoms with E-state index >= 15 is 0 Å². The summed E-state index contributed by atoms with van der Waals surface area (Å²) in [6.07, 6.45) is 1.40. The lowest BCUT2D eigenvalue weighted by Crippen LogP contribution is -2.12. The fourth-order valence-corrected chi connectivity index (χ4v) is 0.635. The highest BCUT2D eigenvalue weighted by atomic mass is 35.5. The molecular weight excluding hydrogens is 152 g/mol. The van der Waals surface area contributed by atoms with Crippen molar-refractivity contribution in [3.8, 4) is 0 Å². The number of pyridine rings is 1. The van der Waals surface area contributed by atoms with Crippen molar-refractivity contribution in [1.29, 1.82) is 0 Å². The van der Waals surface area contributed by atoms with Crippen LogP contribution in [0.3, 0.4) is 0 Å². The van der Waals surface area contributed by atoms with Crippen molar-refractivity contribution in [2.45, 2.75) is 0 Å². The number of carbonyl (C=O) groups is 1. The molecule has 0 aromatic carbocycles. The van der Waals surface area contributed by atoms with E-state index in [0.29, 0.717) is 5.02 Å².